The van der Waals surface area contributed by atoms with Crippen LogP contribution in [0.3, 0.4) is 0 Å². The van der Waals surface area contributed by atoms with Crippen molar-refractivity contribution in [3.8, 4) is 0 Å². The van der Waals surface area contributed by atoms with E-state index in [0.717, 1.165) is 44.9 Å². The van der Waals surface area contributed by atoms with Gasteiger partial charge in [-0.15, -0.1) is 0 Å². The molecule has 0 radical (unpaired) electrons. The fraction of sp³-hybridized carbons (Fsp3) is 0.878. The molecule has 0 amide bonds. The third kappa shape index (κ3) is 36.9. The third-order valence-corrected chi connectivity index (χ3v) is 10.2. The molecule has 0 aromatic carbocycles. The van der Waals surface area contributed by atoms with Gasteiger partial charge in [0.15, 0.2) is 6.10 Å². The summed E-state index contributed by atoms with van der Waals surface area (Å²) >= 11 is 0. The molecule has 0 saturated heterocycles. The number of ether oxygens (including phenoxy) is 2. The second kappa shape index (κ2) is 37.2. The lowest BCUT2D eigenvalue weighted by Gasteiger charge is -2.20. The van der Waals surface area contributed by atoms with Gasteiger partial charge in [0, 0.05) is 12.8 Å². The standard InChI is InChI=1S/C41H78NO10P/c1-3-5-7-9-11-13-15-16-17-18-19-20-21-22-23-25-26-28-30-32-39(43)49-34-37(35-50-53(47,48)51-36-38(42)41(45)46)52-40(44)33-31-29-27-24-14-12-10-8-6-4-2/h18-19,37-38H,3-17,20-36,42H2,1-2H3,(H,45,46)(H,47,48)/b19-18-/t37-,38+/m1/s1. The number of carboxylic acid groups (broad SMARTS) is 1. The molecule has 0 aromatic heterocycles. The number of hydrogen-bond acceptors (Lipinski definition) is 9. The lowest BCUT2D eigenvalue weighted by molar-refractivity contribution is -0.161. The van der Waals surface area contributed by atoms with Gasteiger partial charge in [-0.05, 0) is 38.5 Å². The number of carbonyl (C=O) groups excluding carboxylic acids is 2. The molecule has 53 heavy (non-hydrogen) atoms. The number of phosphoric acid groups is 1. The molecule has 12 heteroatoms. The van der Waals surface area contributed by atoms with Crippen molar-refractivity contribution < 1.29 is 47.5 Å². The van der Waals surface area contributed by atoms with Crippen LogP contribution < -0.4 is 5.73 Å². The smallest absolute Gasteiger partial charge is 0.472 e. The maximum atomic E-state index is 12.5. The number of aliphatic carboxylic acids is 1. The second-order valence-electron chi connectivity index (χ2n) is 14.5. The molecule has 0 rings (SSSR count). The molecule has 1 unspecified atom stereocenters. The summed E-state index contributed by atoms with van der Waals surface area (Å²) in [6, 6.07) is -1.52. The lowest BCUT2D eigenvalue weighted by atomic mass is 10.1. The van der Waals surface area contributed by atoms with Crippen molar-refractivity contribution in [2.75, 3.05) is 19.8 Å². The summed E-state index contributed by atoms with van der Waals surface area (Å²) in [6.07, 6.45) is 35.7. The van der Waals surface area contributed by atoms with Crippen molar-refractivity contribution in [3.05, 3.63) is 12.2 Å². The minimum absolute atomic E-state index is 0.164. The molecule has 0 aliphatic rings. The maximum absolute atomic E-state index is 12.5. The van der Waals surface area contributed by atoms with Crippen LogP contribution in [-0.4, -0.2) is 59.9 Å². The van der Waals surface area contributed by atoms with Crippen molar-refractivity contribution >= 4 is 25.7 Å². The average Bonchev–Trinajstić information content (AvgIpc) is 3.13. The Labute approximate surface area is 322 Å². The highest BCUT2D eigenvalue weighted by Gasteiger charge is 2.28. The number of hydrogen-bond donors (Lipinski definition) is 3. The van der Waals surface area contributed by atoms with Crippen LogP contribution in [0, 0.1) is 0 Å². The molecule has 0 spiro atoms. The Morgan fingerprint density at radius 1 is 0.566 bits per heavy atom. The van der Waals surface area contributed by atoms with Crippen molar-refractivity contribution in [1.29, 1.82) is 0 Å². The largest absolute Gasteiger partial charge is 0.480 e. The summed E-state index contributed by atoms with van der Waals surface area (Å²) in [6.45, 7) is 2.79. The van der Waals surface area contributed by atoms with E-state index in [4.69, 9.17) is 24.8 Å². The molecule has 11 nitrogen and oxygen atoms in total. The highest BCUT2D eigenvalue weighted by atomic mass is 31.2. The molecule has 4 N–H and O–H groups in total. The molecule has 0 aromatic rings. The molecule has 0 bridgehead atoms. The highest BCUT2D eigenvalue weighted by Crippen LogP contribution is 2.43. The van der Waals surface area contributed by atoms with Gasteiger partial charge in [0.2, 0.25) is 0 Å². The van der Waals surface area contributed by atoms with Crippen LogP contribution in [0.2, 0.25) is 0 Å². The van der Waals surface area contributed by atoms with Gasteiger partial charge in [0.25, 0.3) is 0 Å². The predicted molar refractivity (Wildman–Crippen MR) is 213 cm³/mol. The van der Waals surface area contributed by atoms with E-state index < -0.39 is 51.1 Å². The van der Waals surface area contributed by atoms with E-state index in [1.807, 2.05) is 0 Å². The fourth-order valence-corrected chi connectivity index (χ4v) is 6.66. The van der Waals surface area contributed by atoms with Crippen LogP contribution in [0.5, 0.6) is 0 Å². The number of nitrogens with two attached hydrogens (primary N) is 1. The number of unbranched alkanes of at least 4 members (excludes halogenated alkanes) is 24. The molecule has 0 heterocycles. The number of carboxylic acids is 1. The summed E-state index contributed by atoms with van der Waals surface area (Å²) in [5, 5.41) is 8.87. The van der Waals surface area contributed by atoms with E-state index in [9.17, 15) is 23.8 Å². The Morgan fingerprint density at radius 2 is 0.943 bits per heavy atom. The molecular weight excluding hydrogens is 697 g/mol. The monoisotopic (exact) mass is 776 g/mol. The number of phosphoric ester groups is 1. The van der Waals surface area contributed by atoms with Gasteiger partial charge < -0.3 is 25.2 Å². The van der Waals surface area contributed by atoms with Crippen LogP contribution in [0.15, 0.2) is 12.2 Å². The zero-order valence-corrected chi connectivity index (χ0v) is 34.5. The number of allylic oxidation sites excluding steroid dienone is 2. The Bertz CT molecular complexity index is 963. The number of rotatable bonds is 40. The normalized spacial score (nSPS) is 13.9. The predicted octanol–water partition coefficient (Wildman–Crippen LogP) is 10.9. The van der Waals surface area contributed by atoms with Crippen LogP contribution in [0.4, 0.5) is 0 Å². The Hall–Kier alpha value is -1.78. The summed E-state index contributed by atoms with van der Waals surface area (Å²) in [5.74, 6) is -2.38. The topological polar surface area (TPSA) is 172 Å². The first-order chi connectivity index (χ1) is 25.6. The molecule has 312 valence electrons. The Balaban J connectivity index is 4.28. The van der Waals surface area contributed by atoms with Gasteiger partial charge in [-0.1, -0.05) is 161 Å². The van der Waals surface area contributed by atoms with Crippen molar-refractivity contribution in [1.82, 2.24) is 0 Å². The van der Waals surface area contributed by atoms with E-state index in [2.05, 4.69) is 30.5 Å². The highest BCUT2D eigenvalue weighted by molar-refractivity contribution is 7.47. The maximum Gasteiger partial charge on any atom is 0.472 e. The number of carbonyl (C=O) groups is 3. The summed E-state index contributed by atoms with van der Waals surface area (Å²) in [4.78, 5) is 45.8. The zero-order chi connectivity index (χ0) is 39.3. The van der Waals surface area contributed by atoms with Gasteiger partial charge in [-0.3, -0.25) is 23.4 Å². The van der Waals surface area contributed by atoms with E-state index >= 15 is 0 Å². The molecule has 0 aliphatic heterocycles. The van der Waals surface area contributed by atoms with Gasteiger partial charge >= 0.3 is 25.7 Å². The molecular formula is C41H78NO10P. The summed E-state index contributed by atoms with van der Waals surface area (Å²) in [5.41, 5.74) is 5.32. The fourth-order valence-electron chi connectivity index (χ4n) is 5.88. The van der Waals surface area contributed by atoms with E-state index in [1.165, 1.54) is 116 Å². The van der Waals surface area contributed by atoms with Gasteiger partial charge in [-0.25, -0.2) is 4.57 Å². The molecule has 0 aliphatic carbocycles. The first kappa shape index (κ1) is 51.2. The lowest BCUT2D eigenvalue weighted by Crippen LogP contribution is -2.34. The molecule has 0 saturated carbocycles. The third-order valence-electron chi connectivity index (χ3n) is 9.26. The Kier molecular flexibility index (Phi) is 35.9. The van der Waals surface area contributed by atoms with E-state index in [1.54, 1.807) is 0 Å². The van der Waals surface area contributed by atoms with Crippen molar-refractivity contribution in [3.63, 3.8) is 0 Å². The summed E-state index contributed by atoms with van der Waals surface area (Å²) < 4.78 is 32.6. The minimum atomic E-state index is -4.71. The SMILES string of the molecule is CCCCCCCCCC/C=C\CCCCCCCCCC(=O)OC[C@H](COP(=O)(O)OC[C@H](N)C(=O)O)OC(=O)CCCCCCCCCCCC. The average molecular weight is 776 g/mol. The van der Waals surface area contributed by atoms with Gasteiger partial charge in [-0.2, -0.15) is 0 Å². The second-order valence-corrected chi connectivity index (χ2v) is 15.9. The van der Waals surface area contributed by atoms with Crippen LogP contribution >= 0.6 is 7.82 Å². The van der Waals surface area contributed by atoms with Crippen molar-refractivity contribution in [2.45, 2.75) is 212 Å². The van der Waals surface area contributed by atoms with Crippen LogP contribution in [0.25, 0.3) is 0 Å². The van der Waals surface area contributed by atoms with Crippen LogP contribution in [-0.2, 0) is 37.5 Å². The van der Waals surface area contributed by atoms with E-state index in [0.29, 0.717) is 12.8 Å². The molecule has 0 fully saturated rings. The first-order valence-electron chi connectivity index (χ1n) is 21.2. The van der Waals surface area contributed by atoms with Crippen molar-refractivity contribution in [2.24, 2.45) is 5.73 Å². The minimum Gasteiger partial charge on any atom is -0.480 e. The quantitative estimate of drug-likeness (QED) is 0.0234. The Morgan fingerprint density at radius 3 is 1.38 bits per heavy atom. The summed E-state index contributed by atoms with van der Waals surface area (Å²) in [7, 11) is -4.71. The number of esters is 2. The first-order valence-corrected chi connectivity index (χ1v) is 22.7. The van der Waals surface area contributed by atoms with Gasteiger partial charge in [0.05, 0.1) is 13.2 Å². The molecule has 3 atom stereocenters. The van der Waals surface area contributed by atoms with E-state index in [-0.39, 0.29) is 19.4 Å². The van der Waals surface area contributed by atoms with Crippen LogP contribution in [0.1, 0.15) is 200 Å². The zero-order valence-electron chi connectivity index (χ0n) is 33.6. The van der Waals surface area contributed by atoms with Gasteiger partial charge in [0.1, 0.15) is 12.6 Å².